The number of sulfonamides is 1. The molecule has 1 N–H and O–H groups in total. The molecule has 0 aromatic heterocycles. The molecule has 2 aromatic carbocycles. The Morgan fingerprint density at radius 1 is 1.00 bits per heavy atom. The Bertz CT molecular complexity index is 820. The Kier molecular flexibility index (Phi) is 4.68. The van der Waals surface area contributed by atoms with E-state index in [4.69, 9.17) is 4.74 Å². The first-order valence-corrected chi connectivity index (χ1v) is 8.85. The summed E-state index contributed by atoms with van der Waals surface area (Å²) in [6.07, 6.45) is 0. The lowest BCUT2D eigenvalue weighted by Crippen LogP contribution is -2.36. The van der Waals surface area contributed by atoms with Crippen LogP contribution in [0.1, 0.15) is 0 Å². The standard InChI is InChI=1S/C16H16F2N2O3S/c17-12-1-4-14(5-2-12)24(21,22)19-16-11-13(3-6-15(16)18)20-7-9-23-10-8-20/h1-6,11,19H,7-10H2. The molecule has 0 unspecified atom stereocenters. The molecule has 24 heavy (non-hydrogen) atoms. The summed E-state index contributed by atoms with van der Waals surface area (Å²) >= 11 is 0. The van der Waals surface area contributed by atoms with Gasteiger partial charge in [-0.25, -0.2) is 17.2 Å². The van der Waals surface area contributed by atoms with Crippen LogP contribution in [0.15, 0.2) is 47.4 Å². The molecule has 1 aliphatic rings. The molecule has 0 bridgehead atoms. The van der Waals surface area contributed by atoms with Gasteiger partial charge in [-0.15, -0.1) is 0 Å². The maximum absolute atomic E-state index is 14.0. The zero-order valence-corrected chi connectivity index (χ0v) is 13.5. The molecule has 1 heterocycles. The first kappa shape index (κ1) is 16.7. The second-order valence-electron chi connectivity index (χ2n) is 5.32. The number of hydrogen-bond acceptors (Lipinski definition) is 4. The van der Waals surface area contributed by atoms with E-state index in [1.165, 1.54) is 12.1 Å². The fourth-order valence-electron chi connectivity index (χ4n) is 2.43. The van der Waals surface area contributed by atoms with Gasteiger partial charge < -0.3 is 9.64 Å². The molecule has 0 aliphatic carbocycles. The number of hydrogen-bond donors (Lipinski definition) is 1. The minimum atomic E-state index is -4.00. The van der Waals surface area contributed by atoms with E-state index in [9.17, 15) is 17.2 Å². The molecular formula is C16H16F2N2O3S. The zero-order valence-electron chi connectivity index (χ0n) is 12.7. The summed E-state index contributed by atoms with van der Waals surface area (Å²) in [5.41, 5.74) is 0.555. The summed E-state index contributed by atoms with van der Waals surface area (Å²) in [4.78, 5) is 1.85. The first-order valence-electron chi connectivity index (χ1n) is 7.36. The van der Waals surface area contributed by atoms with E-state index in [0.717, 1.165) is 24.3 Å². The third-order valence-electron chi connectivity index (χ3n) is 3.69. The van der Waals surface area contributed by atoms with Crippen molar-refractivity contribution in [2.24, 2.45) is 0 Å². The number of morpholine rings is 1. The van der Waals surface area contributed by atoms with Gasteiger partial charge in [0.15, 0.2) is 0 Å². The molecule has 1 aliphatic heterocycles. The second kappa shape index (κ2) is 6.74. The fraction of sp³-hybridized carbons (Fsp3) is 0.250. The average molecular weight is 354 g/mol. The highest BCUT2D eigenvalue weighted by atomic mass is 32.2. The van der Waals surface area contributed by atoms with Crippen LogP contribution in [0.4, 0.5) is 20.2 Å². The lowest BCUT2D eigenvalue weighted by molar-refractivity contribution is 0.122. The minimum absolute atomic E-state index is 0.139. The summed E-state index contributed by atoms with van der Waals surface area (Å²) in [7, 11) is -4.00. The van der Waals surface area contributed by atoms with Crippen molar-refractivity contribution >= 4 is 21.4 Å². The largest absolute Gasteiger partial charge is 0.378 e. The topological polar surface area (TPSA) is 58.6 Å². The highest BCUT2D eigenvalue weighted by Crippen LogP contribution is 2.26. The lowest BCUT2D eigenvalue weighted by atomic mass is 10.2. The van der Waals surface area contributed by atoms with Crippen LogP contribution in [0.3, 0.4) is 0 Å². The Morgan fingerprint density at radius 3 is 2.33 bits per heavy atom. The molecule has 3 rings (SSSR count). The summed E-state index contributed by atoms with van der Waals surface area (Å²) in [6.45, 7) is 2.42. The highest BCUT2D eigenvalue weighted by molar-refractivity contribution is 7.92. The zero-order chi connectivity index (χ0) is 17.2. The van der Waals surface area contributed by atoms with Crippen LogP contribution < -0.4 is 9.62 Å². The van der Waals surface area contributed by atoms with Crippen molar-refractivity contribution < 1.29 is 21.9 Å². The highest BCUT2D eigenvalue weighted by Gasteiger charge is 2.18. The van der Waals surface area contributed by atoms with E-state index >= 15 is 0 Å². The molecule has 0 amide bonds. The molecule has 8 heteroatoms. The molecule has 0 atom stereocenters. The maximum Gasteiger partial charge on any atom is 0.261 e. The number of ether oxygens (including phenoxy) is 1. The van der Waals surface area contributed by atoms with Crippen molar-refractivity contribution in [1.29, 1.82) is 0 Å². The summed E-state index contributed by atoms with van der Waals surface area (Å²) in [5.74, 6) is -1.23. The minimum Gasteiger partial charge on any atom is -0.378 e. The van der Waals surface area contributed by atoms with Crippen LogP contribution in [0, 0.1) is 11.6 Å². The van der Waals surface area contributed by atoms with Gasteiger partial charge in [-0.3, -0.25) is 4.72 Å². The van der Waals surface area contributed by atoms with Crippen LogP contribution >= 0.6 is 0 Å². The monoisotopic (exact) mass is 354 g/mol. The van der Waals surface area contributed by atoms with Crippen molar-refractivity contribution in [3.63, 3.8) is 0 Å². The molecule has 0 spiro atoms. The Balaban J connectivity index is 1.87. The molecular weight excluding hydrogens is 338 g/mol. The second-order valence-corrected chi connectivity index (χ2v) is 7.01. The predicted octanol–water partition coefficient (Wildman–Crippen LogP) is 2.60. The van der Waals surface area contributed by atoms with Crippen LogP contribution in [-0.4, -0.2) is 34.7 Å². The Labute approximate surface area is 138 Å². The number of anilines is 2. The van der Waals surface area contributed by atoms with Crippen LogP contribution in [0.25, 0.3) is 0 Å². The first-order chi connectivity index (χ1) is 11.5. The molecule has 1 fully saturated rings. The molecule has 5 nitrogen and oxygen atoms in total. The SMILES string of the molecule is O=S(=O)(Nc1cc(N2CCOCC2)ccc1F)c1ccc(F)cc1. The van der Waals surface area contributed by atoms with E-state index in [1.54, 1.807) is 6.07 Å². The normalized spacial score (nSPS) is 15.3. The lowest BCUT2D eigenvalue weighted by Gasteiger charge is -2.29. The maximum atomic E-state index is 14.0. The van der Waals surface area contributed by atoms with E-state index in [0.29, 0.717) is 32.0 Å². The Hall–Kier alpha value is -2.19. The van der Waals surface area contributed by atoms with Gasteiger partial charge in [-0.2, -0.15) is 0 Å². The molecule has 2 aromatic rings. The molecule has 1 saturated heterocycles. The van der Waals surface area contributed by atoms with Crippen molar-refractivity contribution in [3.05, 3.63) is 54.1 Å². The quantitative estimate of drug-likeness (QED) is 0.917. The van der Waals surface area contributed by atoms with Gasteiger partial charge in [0.05, 0.1) is 23.8 Å². The van der Waals surface area contributed by atoms with Crippen molar-refractivity contribution in [3.8, 4) is 0 Å². The summed E-state index contributed by atoms with van der Waals surface area (Å²) < 4.78 is 59.1. The van der Waals surface area contributed by atoms with Gasteiger partial charge in [-0.1, -0.05) is 0 Å². The van der Waals surface area contributed by atoms with Gasteiger partial charge in [0.1, 0.15) is 11.6 Å². The average Bonchev–Trinajstić information content (AvgIpc) is 2.58. The van der Waals surface area contributed by atoms with Gasteiger partial charge in [0.2, 0.25) is 0 Å². The smallest absolute Gasteiger partial charge is 0.261 e. The third kappa shape index (κ3) is 3.65. The molecule has 128 valence electrons. The van der Waals surface area contributed by atoms with E-state index in [1.807, 2.05) is 4.90 Å². The van der Waals surface area contributed by atoms with Crippen LogP contribution in [-0.2, 0) is 14.8 Å². The van der Waals surface area contributed by atoms with Crippen molar-refractivity contribution in [1.82, 2.24) is 0 Å². The van der Waals surface area contributed by atoms with E-state index in [-0.39, 0.29) is 10.6 Å². The predicted molar refractivity (Wildman–Crippen MR) is 86.6 cm³/mol. The number of benzene rings is 2. The summed E-state index contributed by atoms with van der Waals surface area (Å²) in [6, 6.07) is 8.58. The van der Waals surface area contributed by atoms with E-state index < -0.39 is 21.7 Å². The molecule has 0 saturated carbocycles. The third-order valence-corrected chi connectivity index (χ3v) is 5.08. The van der Waals surface area contributed by atoms with E-state index in [2.05, 4.69) is 4.72 Å². The van der Waals surface area contributed by atoms with Gasteiger partial charge >= 0.3 is 0 Å². The van der Waals surface area contributed by atoms with Crippen LogP contribution in [0.5, 0.6) is 0 Å². The van der Waals surface area contributed by atoms with Crippen LogP contribution in [0.2, 0.25) is 0 Å². The van der Waals surface area contributed by atoms with Gasteiger partial charge in [-0.05, 0) is 42.5 Å². The molecule has 0 radical (unpaired) electrons. The summed E-state index contributed by atoms with van der Waals surface area (Å²) in [5, 5.41) is 0. The van der Waals surface area contributed by atoms with Crippen molar-refractivity contribution in [2.45, 2.75) is 4.90 Å². The number of nitrogens with zero attached hydrogens (tertiary/aromatic N) is 1. The number of nitrogens with one attached hydrogen (secondary N) is 1. The van der Waals surface area contributed by atoms with Gasteiger partial charge in [0, 0.05) is 18.8 Å². The number of rotatable bonds is 4. The fourth-order valence-corrected chi connectivity index (χ4v) is 3.49. The van der Waals surface area contributed by atoms with Crippen molar-refractivity contribution in [2.75, 3.05) is 35.9 Å². The van der Waals surface area contributed by atoms with Gasteiger partial charge in [0.25, 0.3) is 10.0 Å². The Morgan fingerprint density at radius 2 is 1.67 bits per heavy atom. The number of halogens is 2.